The standard InChI is InChI=1S/C17H14N4O3/c1-24-16(23)21-13-7-11(8-18)3-4-12(13)17(15(21)22)5-2-6-20-10-19-9-14(17)20/h3-4,7,9-10H,2,5-6H2,1H3. The van der Waals surface area contributed by atoms with E-state index < -0.39 is 11.5 Å². The summed E-state index contributed by atoms with van der Waals surface area (Å²) in [5.74, 6) is -0.346. The fourth-order valence-electron chi connectivity index (χ4n) is 3.82. The Balaban J connectivity index is 2.02. The smallest absolute Gasteiger partial charge is 0.420 e. The molecule has 24 heavy (non-hydrogen) atoms. The number of fused-ring (bicyclic) bond motifs is 4. The maximum atomic E-state index is 13.3. The normalized spacial score (nSPS) is 21.3. The van der Waals surface area contributed by atoms with Gasteiger partial charge in [0.05, 0.1) is 36.5 Å². The number of anilines is 1. The van der Waals surface area contributed by atoms with Gasteiger partial charge in [-0.05, 0) is 30.5 Å². The van der Waals surface area contributed by atoms with E-state index in [1.165, 1.54) is 7.11 Å². The first-order valence-electron chi connectivity index (χ1n) is 7.61. The molecule has 2 aliphatic heterocycles. The van der Waals surface area contributed by atoms with Gasteiger partial charge in [-0.3, -0.25) is 4.79 Å². The van der Waals surface area contributed by atoms with E-state index in [1.807, 2.05) is 10.6 Å². The van der Waals surface area contributed by atoms with Crippen molar-refractivity contribution in [3.05, 3.63) is 47.5 Å². The van der Waals surface area contributed by atoms with E-state index in [1.54, 1.807) is 30.7 Å². The van der Waals surface area contributed by atoms with Gasteiger partial charge in [0.1, 0.15) is 5.41 Å². The maximum Gasteiger partial charge on any atom is 0.420 e. The van der Waals surface area contributed by atoms with Crippen molar-refractivity contribution in [3.63, 3.8) is 0 Å². The van der Waals surface area contributed by atoms with Crippen LogP contribution in [0.1, 0.15) is 29.7 Å². The first kappa shape index (κ1) is 14.5. The van der Waals surface area contributed by atoms with Gasteiger partial charge in [-0.25, -0.2) is 14.7 Å². The highest BCUT2D eigenvalue weighted by atomic mass is 16.5. The molecule has 0 bridgehead atoms. The predicted octanol–water partition coefficient (Wildman–Crippen LogP) is 1.95. The first-order valence-corrected chi connectivity index (χ1v) is 7.61. The van der Waals surface area contributed by atoms with Crippen molar-refractivity contribution in [2.75, 3.05) is 12.0 Å². The van der Waals surface area contributed by atoms with Gasteiger partial charge < -0.3 is 9.30 Å². The van der Waals surface area contributed by atoms with Gasteiger partial charge in [-0.15, -0.1) is 0 Å². The molecule has 1 aromatic heterocycles. The lowest BCUT2D eigenvalue weighted by Crippen LogP contribution is -2.46. The molecule has 1 atom stereocenters. The van der Waals surface area contributed by atoms with E-state index in [0.717, 1.165) is 29.1 Å². The van der Waals surface area contributed by atoms with Gasteiger partial charge in [0.25, 0.3) is 5.91 Å². The molecule has 4 rings (SSSR count). The number of amides is 2. The third kappa shape index (κ3) is 1.62. The van der Waals surface area contributed by atoms with Crippen molar-refractivity contribution < 1.29 is 14.3 Å². The number of ether oxygens (including phenoxy) is 1. The summed E-state index contributed by atoms with van der Waals surface area (Å²) >= 11 is 0. The largest absolute Gasteiger partial charge is 0.452 e. The first-order chi connectivity index (χ1) is 11.6. The van der Waals surface area contributed by atoms with Gasteiger partial charge in [0.2, 0.25) is 0 Å². The molecule has 120 valence electrons. The van der Waals surface area contributed by atoms with Gasteiger partial charge in [-0.2, -0.15) is 5.26 Å². The molecule has 2 aliphatic rings. The molecule has 0 N–H and O–H groups in total. The molecule has 0 saturated carbocycles. The second-order valence-electron chi connectivity index (χ2n) is 5.94. The summed E-state index contributed by atoms with van der Waals surface area (Å²) in [4.78, 5) is 30.8. The molecule has 2 amide bonds. The number of aromatic nitrogens is 2. The Hall–Kier alpha value is -3.14. The van der Waals surface area contributed by atoms with Crippen LogP contribution in [0.4, 0.5) is 10.5 Å². The monoisotopic (exact) mass is 322 g/mol. The number of benzene rings is 1. The average Bonchev–Trinajstić information content (AvgIpc) is 3.18. The molecule has 7 heteroatoms. The van der Waals surface area contributed by atoms with Crippen LogP contribution in [0.2, 0.25) is 0 Å². The molecule has 0 radical (unpaired) electrons. The molecule has 0 saturated heterocycles. The van der Waals surface area contributed by atoms with Crippen LogP contribution in [0.25, 0.3) is 0 Å². The van der Waals surface area contributed by atoms with Crippen LogP contribution in [0.3, 0.4) is 0 Å². The second-order valence-corrected chi connectivity index (χ2v) is 5.94. The summed E-state index contributed by atoms with van der Waals surface area (Å²) in [5, 5.41) is 9.16. The van der Waals surface area contributed by atoms with Crippen LogP contribution >= 0.6 is 0 Å². The summed E-state index contributed by atoms with van der Waals surface area (Å²) in [7, 11) is 1.24. The molecule has 1 spiro atoms. The molecule has 1 aromatic carbocycles. The molecular formula is C17H14N4O3. The number of hydrogen-bond donors (Lipinski definition) is 0. The highest BCUT2D eigenvalue weighted by Gasteiger charge is 2.56. The van der Waals surface area contributed by atoms with Crippen molar-refractivity contribution in [1.82, 2.24) is 9.55 Å². The molecular weight excluding hydrogens is 308 g/mol. The number of imidazole rings is 1. The highest BCUT2D eigenvalue weighted by Crippen LogP contribution is 2.50. The Morgan fingerprint density at radius 3 is 3.04 bits per heavy atom. The third-order valence-corrected chi connectivity index (χ3v) is 4.85. The average molecular weight is 322 g/mol. The SMILES string of the molecule is COC(=O)N1C(=O)C2(CCCn3cncc32)c2ccc(C#N)cc21. The van der Waals surface area contributed by atoms with Crippen LogP contribution in [0, 0.1) is 11.3 Å². The van der Waals surface area contributed by atoms with Crippen molar-refractivity contribution in [2.24, 2.45) is 0 Å². The number of nitriles is 1. The summed E-state index contributed by atoms with van der Waals surface area (Å²) in [6.45, 7) is 0.786. The van der Waals surface area contributed by atoms with E-state index in [9.17, 15) is 9.59 Å². The minimum absolute atomic E-state index is 0.346. The topological polar surface area (TPSA) is 88.2 Å². The van der Waals surface area contributed by atoms with Gasteiger partial charge >= 0.3 is 6.09 Å². The minimum atomic E-state index is -0.952. The summed E-state index contributed by atoms with van der Waals surface area (Å²) in [5.41, 5.74) is 1.35. The number of nitrogens with zero attached hydrogens (tertiary/aromatic N) is 4. The Kier molecular flexibility index (Phi) is 2.97. The van der Waals surface area contributed by atoms with Crippen molar-refractivity contribution in [3.8, 4) is 6.07 Å². The van der Waals surface area contributed by atoms with Gasteiger partial charge in [0, 0.05) is 12.7 Å². The molecule has 7 nitrogen and oxygen atoms in total. The zero-order valence-corrected chi connectivity index (χ0v) is 13.0. The third-order valence-electron chi connectivity index (χ3n) is 4.85. The lowest BCUT2D eigenvalue weighted by atomic mass is 9.73. The van der Waals surface area contributed by atoms with E-state index in [4.69, 9.17) is 10.00 Å². The lowest BCUT2D eigenvalue weighted by Gasteiger charge is -2.33. The Morgan fingerprint density at radius 1 is 1.46 bits per heavy atom. The number of carbonyl (C=O) groups excluding carboxylic acids is 2. The minimum Gasteiger partial charge on any atom is -0.452 e. The number of rotatable bonds is 0. The van der Waals surface area contributed by atoms with Crippen LogP contribution in [-0.2, 0) is 21.5 Å². The zero-order chi connectivity index (χ0) is 16.9. The van der Waals surface area contributed by atoms with Crippen LogP contribution < -0.4 is 4.90 Å². The Bertz CT molecular complexity index is 911. The van der Waals surface area contributed by atoms with Crippen LogP contribution in [0.15, 0.2) is 30.7 Å². The van der Waals surface area contributed by atoms with Gasteiger partial charge in [-0.1, -0.05) is 6.07 Å². The van der Waals surface area contributed by atoms with Crippen LogP contribution in [-0.4, -0.2) is 28.7 Å². The van der Waals surface area contributed by atoms with Crippen LogP contribution in [0.5, 0.6) is 0 Å². The fraction of sp³-hybridized carbons (Fsp3) is 0.294. The quantitative estimate of drug-likeness (QED) is 0.739. The van der Waals surface area contributed by atoms with Crippen molar-refractivity contribution >= 4 is 17.7 Å². The molecule has 2 aromatic rings. The van der Waals surface area contributed by atoms with E-state index in [0.29, 0.717) is 17.7 Å². The fourth-order valence-corrected chi connectivity index (χ4v) is 3.82. The summed E-state index contributed by atoms with van der Waals surface area (Å²) in [6.07, 6.45) is 4.02. The number of aryl methyl sites for hydroxylation is 1. The van der Waals surface area contributed by atoms with Gasteiger partial charge in [0.15, 0.2) is 0 Å². The molecule has 1 unspecified atom stereocenters. The zero-order valence-electron chi connectivity index (χ0n) is 13.0. The van der Waals surface area contributed by atoms with Crippen molar-refractivity contribution in [1.29, 1.82) is 5.26 Å². The van der Waals surface area contributed by atoms with Crippen molar-refractivity contribution in [2.45, 2.75) is 24.8 Å². The van der Waals surface area contributed by atoms with E-state index in [-0.39, 0.29) is 5.91 Å². The second kappa shape index (κ2) is 4.93. The van der Waals surface area contributed by atoms with E-state index >= 15 is 0 Å². The van der Waals surface area contributed by atoms with E-state index in [2.05, 4.69) is 4.98 Å². The summed E-state index contributed by atoms with van der Waals surface area (Å²) in [6, 6.07) is 7.04. The Morgan fingerprint density at radius 2 is 2.29 bits per heavy atom. The highest BCUT2D eigenvalue weighted by molar-refractivity contribution is 6.22. The number of imide groups is 1. The number of methoxy groups -OCH3 is 1. The molecule has 0 fully saturated rings. The molecule has 0 aliphatic carbocycles. The predicted molar refractivity (Wildman–Crippen MR) is 83.3 cm³/mol. The maximum absolute atomic E-state index is 13.3. The number of hydrogen-bond acceptors (Lipinski definition) is 5. The lowest BCUT2D eigenvalue weighted by molar-refractivity contribution is -0.122. The summed E-state index contributed by atoms with van der Waals surface area (Å²) < 4.78 is 6.75. The Labute approximate surface area is 138 Å². The number of carbonyl (C=O) groups is 2. The molecule has 3 heterocycles.